The smallest absolute Gasteiger partial charge is 0.174 e. The fraction of sp³-hybridized carbons (Fsp3) is 0.364. The first-order chi connectivity index (χ1) is 7.90. The number of carbonyl (C=O) groups is 1. The molecule has 0 bridgehead atoms. The van der Waals surface area contributed by atoms with Gasteiger partial charge in [-0.15, -0.1) is 0 Å². The lowest BCUT2D eigenvalue weighted by molar-refractivity contribution is 0.102. The molecule has 0 radical (unpaired) electrons. The minimum absolute atomic E-state index is 0.0749. The Morgan fingerprint density at radius 1 is 1.35 bits per heavy atom. The zero-order valence-electron chi connectivity index (χ0n) is 9.35. The van der Waals surface area contributed by atoms with Gasteiger partial charge in [-0.25, -0.2) is 8.42 Å². The highest BCUT2D eigenvalue weighted by Crippen LogP contribution is 2.17. The maximum atomic E-state index is 11.7. The first-order valence-electron chi connectivity index (χ1n) is 4.93. The van der Waals surface area contributed by atoms with Crippen molar-refractivity contribution in [1.29, 1.82) is 0 Å². The first kappa shape index (κ1) is 14.5. The zero-order chi connectivity index (χ0) is 12.9. The molecule has 0 aliphatic carbocycles. The Morgan fingerprint density at radius 3 is 2.59 bits per heavy atom. The van der Waals surface area contributed by atoms with Gasteiger partial charge in [-0.05, 0) is 12.1 Å². The number of ketones is 1. The quantitative estimate of drug-likeness (QED) is 0.596. The van der Waals surface area contributed by atoms with E-state index in [2.05, 4.69) is 0 Å². The summed E-state index contributed by atoms with van der Waals surface area (Å²) >= 11 is 7.18. The van der Waals surface area contributed by atoms with Gasteiger partial charge < -0.3 is 0 Å². The van der Waals surface area contributed by atoms with E-state index in [0.717, 1.165) is 0 Å². The van der Waals surface area contributed by atoms with Crippen LogP contribution in [0.3, 0.4) is 0 Å². The van der Waals surface area contributed by atoms with Gasteiger partial charge in [-0.1, -0.05) is 23.7 Å². The molecule has 0 N–H and O–H groups in total. The van der Waals surface area contributed by atoms with Gasteiger partial charge in [-0.3, -0.25) is 4.79 Å². The standard InChI is InChI=1S/C11H13ClO3S2/c1-17(14,15)7-6-16-8-11(13)9-4-2-3-5-10(9)12/h2-5H,6-8H2,1H3. The number of thioether (sulfide) groups is 1. The first-order valence-corrected chi connectivity index (χ1v) is 8.52. The van der Waals surface area contributed by atoms with Crippen molar-refractivity contribution in [1.82, 2.24) is 0 Å². The van der Waals surface area contributed by atoms with E-state index in [0.29, 0.717) is 16.3 Å². The molecule has 6 heteroatoms. The van der Waals surface area contributed by atoms with Crippen molar-refractivity contribution in [3.63, 3.8) is 0 Å². The lowest BCUT2D eigenvalue weighted by Crippen LogP contribution is -2.08. The van der Waals surface area contributed by atoms with E-state index in [1.165, 1.54) is 18.0 Å². The third-order valence-electron chi connectivity index (χ3n) is 2.01. The third kappa shape index (κ3) is 5.57. The molecule has 0 aromatic heterocycles. The second kappa shape index (κ2) is 6.42. The molecular weight excluding hydrogens is 280 g/mol. The van der Waals surface area contributed by atoms with E-state index in [1.54, 1.807) is 24.3 Å². The van der Waals surface area contributed by atoms with Crippen LogP contribution < -0.4 is 0 Å². The van der Waals surface area contributed by atoms with Crippen LogP contribution in [0.15, 0.2) is 24.3 Å². The summed E-state index contributed by atoms with van der Waals surface area (Å²) in [6, 6.07) is 6.84. The van der Waals surface area contributed by atoms with Crippen LogP contribution in [-0.2, 0) is 9.84 Å². The monoisotopic (exact) mass is 292 g/mol. The van der Waals surface area contributed by atoms with Crippen LogP contribution in [0.4, 0.5) is 0 Å². The van der Waals surface area contributed by atoms with E-state index in [-0.39, 0.29) is 17.3 Å². The van der Waals surface area contributed by atoms with Crippen LogP contribution in [0, 0.1) is 0 Å². The number of carbonyl (C=O) groups excluding carboxylic acids is 1. The summed E-state index contributed by atoms with van der Waals surface area (Å²) in [5, 5.41) is 0.432. The maximum absolute atomic E-state index is 11.7. The highest BCUT2D eigenvalue weighted by Gasteiger charge is 2.10. The van der Waals surface area contributed by atoms with Gasteiger partial charge in [0.1, 0.15) is 9.84 Å². The fourth-order valence-electron chi connectivity index (χ4n) is 1.14. The molecule has 1 aromatic carbocycles. The predicted molar refractivity (Wildman–Crippen MR) is 72.8 cm³/mol. The van der Waals surface area contributed by atoms with Gasteiger partial charge in [0, 0.05) is 17.6 Å². The average molecular weight is 293 g/mol. The summed E-state index contributed by atoms with van der Waals surface area (Å²) in [7, 11) is -2.95. The molecule has 0 heterocycles. The van der Waals surface area contributed by atoms with Crippen LogP contribution >= 0.6 is 23.4 Å². The molecule has 1 aromatic rings. The van der Waals surface area contributed by atoms with E-state index in [1.807, 2.05) is 0 Å². The topological polar surface area (TPSA) is 51.2 Å². The Morgan fingerprint density at radius 2 is 2.00 bits per heavy atom. The minimum atomic E-state index is -2.95. The van der Waals surface area contributed by atoms with Crippen molar-refractivity contribution in [3.8, 4) is 0 Å². The van der Waals surface area contributed by atoms with Crippen LogP contribution in [0.1, 0.15) is 10.4 Å². The molecule has 0 unspecified atom stereocenters. The molecule has 1 rings (SSSR count). The van der Waals surface area contributed by atoms with Gasteiger partial charge in [-0.2, -0.15) is 11.8 Å². The van der Waals surface area contributed by atoms with Gasteiger partial charge >= 0.3 is 0 Å². The molecule has 0 atom stereocenters. The van der Waals surface area contributed by atoms with Crippen molar-refractivity contribution in [2.75, 3.05) is 23.5 Å². The molecule has 0 fully saturated rings. The number of hydrogen-bond acceptors (Lipinski definition) is 4. The second-order valence-electron chi connectivity index (χ2n) is 3.59. The van der Waals surface area contributed by atoms with Crippen LogP contribution in [0.2, 0.25) is 5.02 Å². The summed E-state index contributed by atoms with van der Waals surface area (Å²) in [5.41, 5.74) is 0.487. The van der Waals surface area contributed by atoms with Crippen molar-refractivity contribution in [3.05, 3.63) is 34.9 Å². The number of sulfone groups is 1. The van der Waals surface area contributed by atoms with Gasteiger partial charge in [0.15, 0.2) is 5.78 Å². The highest BCUT2D eigenvalue weighted by atomic mass is 35.5. The Labute approximate surface area is 110 Å². The summed E-state index contributed by atoms with van der Waals surface area (Å²) in [5.74, 6) is 0.691. The van der Waals surface area contributed by atoms with Crippen LogP contribution in [-0.4, -0.2) is 37.7 Å². The van der Waals surface area contributed by atoms with E-state index >= 15 is 0 Å². The largest absolute Gasteiger partial charge is 0.293 e. The molecule has 94 valence electrons. The van der Waals surface area contributed by atoms with Crippen LogP contribution in [0.25, 0.3) is 0 Å². The molecule has 17 heavy (non-hydrogen) atoms. The predicted octanol–water partition coefficient (Wildman–Crippen LogP) is 2.30. The SMILES string of the molecule is CS(=O)(=O)CCSCC(=O)c1ccccc1Cl. The molecule has 0 saturated heterocycles. The van der Waals surface area contributed by atoms with Crippen LogP contribution in [0.5, 0.6) is 0 Å². The van der Waals surface area contributed by atoms with Gasteiger partial charge in [0.25, 0.3) is 0 Å². The van der Waals surface area contributed by atoms with Gasteiger partial charge in [0.2, 0.25) is 0 Å². The Bertz CT molecular complexity index is 497. The maximum Gasteiger partial charge on any atom is 0.174 e. The Kier molecular flexibility index (Phi) is 5.49. The lowest BCUT2D eigenvalue weighted by Gasteiger charge is -2.03. The van der Waals surface area contributed by atoms with E-state index < -0.39 is 9.84 Å². The molecule has 0 saturated carbocycles. The molecule has 0 amide bonds. The number of hydrogen-bond donors (Lipinski definition) is 0. The molecule has 0 aliphatic rings. The van der Waals surface area contributed by atoms with E-state index in [4.69, 9.17) is 11.6 Å². The lowest BCUT2D eigenvalue weighted by atomic mass is 10.1. The summed E-state index contributed by atoms with van der Waals surface area (Å²) in [6.07, 6.45) is 1.18. The van der Waals surface area contributed by atoms with Crippen molar-refractivity contribution < 1.29 is 13.2 Å². The van der Waals surface area contributed by atoms with E-state index in [9.17, 15) is 13.2 Å². The average Bonchev–Trinajstić information content (AvgIpc) is 2.23. The number of benzene rings is 1. The second-order valence-corrected chi connectivity index (χ2v) is 7.36. The Hall–Kier alpha value is -0.520. The molecular formula is C11H13ClO3S2. The fourth-order valence-corrected chi connectivity index (χ4v) is 3.55. The zero-order valence-corrected chi connectivity index (χ0v) is 11.7. The number of halogens is 1. The molecule has 0 aliphatic heterocycles. The van der Waals surface area contributed by atoms with Crippen molar-refractivity contribution in [2.45, 2.75) is 0 Å². The third-order valence-corrected chi connectivity index (χ3v) is 4.50. The molecule has 3 nitrogen and oxygen atoms in total. The molecule has 0 spiro atoms. The number of Topliss-reactive ketones (excluding diaryl/α,β-unsaturated/α-hetero) is 1. The van der Waals surface area contributed by atoms with Crippen molar-refractivity contribution >= 4 is 39.0 Å². The summed E-state index contributed by atoms with van der Waals surface area (Å²) in [6.45, 7) is 0. The number of rotatable bonds is 6. The van der Waals surface area contributed by atoms with Gasteiger partial charge in [0.05, 0.1) is 16.5 Å². The normalized spacial score (nSPS) is 11.4. The summed E-state index contributed by atoms with van der Waals surface area (Å²) < 4.78 is 21.8. The highest BCUT2D eigenvalue weighted by molar-refractivity contribution is 8.01. The van der Waals surface area contributed by atoms with Crippen molar-refractivity contribution in [2.24, 2.45) is 0 Å². The Balaban J connectivity index is 2.44. The summed E-state index contributed by atoms with van der Waals surface area (Å²) in [4.78, 5) is 11.7. The minimum Gasteiger partial charge on any atom is -0.293 e.